The molecule has 0 amide bonds. The number of hydrogen-bond acceptors (Lipinski definition) is 2. The molecule has 0 atom stereocenters. The lowest BCUT2D eigenvalue weighted by Gasteiger charge is -2.42. The van der Waals surface area contributed by atoms with Crippen molar-refractivity contribution in [3.63, 3.8) is 0 Å². The van der Waals surface area contributed by atoms with Crippen LogP contribution in [-0.2, 0) is 17.4 Å². The molecule has 33 heavy (non-hydrogen) atoms. The Balaban J connectivity index is 1.70. The second-order valence-electron chi connectivity index (χ2n) is 11.4. The molecule has 3 aromatic carbocycles. The van der Waals surface area contributed by atoms with Crippen LogP contribution in [0, 0.1) is 0 Å². The van der Waals surface area contributed by atoms with Gasteiger partial charge in [-0.3, -0.25) is 4.90 Å². The van der Waals surface area contributed by atoms with E-state index in [1.807, 2.05) is 12.1 Å². The maximum atomic E-state index is 11.3. The number of carboxylic acid groups (broad SMARTS) is 1. The number of likely N-dealkylation sites (tertiary alicyclic amines) is 1. The molecule has 3 aromatic rings. The third-order valence-corrected chi connectivity index (χ3v) is 8.07. The molecule has 3 nitrogen and oxygen atoms in total. The number of rotatable bonds is 4. The van der Waals surface area contributed by atoms with Crippen LogP contribution in [0.1, 0.15) is 80.4 Å². The summed E-state index contributed by atoms with van der Waals surface area (Å²) in [6.07, 6.45) is 4.99. The minimum atomic E-state index is -0.883. The van der Waals surface area contributed by atoms with Crippen molar-refractivity contribution in [3.8, 4) is 11.1 Å². The van der Waals surface area contributed by atoms with E-state index in [1.54, 1.807) is 12.1 Å². The van der Waals surface area contributed by atoms with E-state index in [0.717, 1.165) is 12.1 Å². The average molecular weight is 442 g/mol. The molecule has 0 unspecified atom stereocenters. The Morgan fingerprint density at radius 3 is 2.06 bits per heavy atom. The third kappa shape index (κ3) is 4.08. The van der Waals surface area contributed by atoms with Gasteiger partial charge in [-0.1, -0.05) is 45.9 Å². The molecule has 2 aliphatic rings. The van der Waals surface area contributed by atoms with Gasteiger partial charge < -0.3 is 5.11 Å². The van der Waals surface area contributed by atoms with E-state index in [-0.39, 0.29) is 10.8 Å². The number of carboxylic acids is 1. The number of fused-ring (bicyclic) bond motifs is 2. The summed E-state index contributed by atoms with van der Waals surface area (Å²) in [4.78, 5) is 13.9. The van der Waals surface area contributed by atoms with Gasteiger partial charge in [0, 0.05) is 6.54 Å². The third-order valence-electron chi connectivity index (χ3n) is 8.07. The van der Waals surface area contributed by atoms with Crippen molar-refractivity contribution in [1.29, 1.82) is 0 Å². The molecule has 1 aliphatic carbocycles. The Kier molecular flexibility index (Phi) is 5.36. The monoisotopic (exact) mass is 441 g/mol. The van der Waals surface area contributed by atoms with Crippen LogP contribution in [-0.4, -0.2) is 29.1 Å². The Bertz CT molecular complexity index is 1210. The fourth-order valence-electron chi connectivity index (χ4n) is 5.79. The van der Waals surface area contributed by atoms with Crippen LogP contribution in [0.25, 0.3) is 21.9 Å². The van der Waals surface area contributed by atoms with Crippen molar-refractivity contribution in [2.24, 2.45) is 0 Å². The average Bonchev–Trinajstić information content (AvgIpc) is 3.29. The highest BCUT2D eigenvalue weighted by atomic mass is 16.4. The molecule has 0 saturated carbocycles. The topological polar surface area (TPSA) is 40.5 Å². The van der Waals surface area contributed by atoms with E-state index in [2.05, 4.69) is 56.9 Å². The summed E-state index contributed by atoms with van der Waals surface area (Å²) in [6, 6.07) is 16.9. The molecule has 172 valence electrons. The lowest BCUT2D eigenvalue weighted by molar-refractivity contribution is 0.0697. The van der Waals surface area contributed by atoms with Gasteiger partial charge in [-0.25, -0.2) is 4.79 Å². The molecule has 0 bridgehead atoms. The van der Waals surface area contributed by atoms with E-state index in [4.69, 9.17) is 0 Å². The predicted octanol–water partition coefficient (Wildman–Crippen LogP) is 7.15. The van der Waals surface area contributed by atoms with Crippen molar-refractivity contribution in [1.82, 2.24) is 4.90 Å². The van der Waals surface area contributed by atoms with Gasteiger partial charge in [-0.15, -0.1) is 0 Å². The van der Waals surface area contributed by atoms with Gasteiger partial charge in [0.05, 0.1) is 5.56 Å². The number of aromatic carboxylic acids is 1. The summed E-state index contributed by atoms with van der Waals surface area (Å²) in [6.45, 7) is 12.9. The van der Waals surface area contributed by atoms with Crippen LogP contribution < -0.4 is 0 Å². The van der Waals surface area contributed by atoms with Crippen molar-refractivity contribution in [3.05, 3.63) is 70.8 Å². The molecule has 1 aliphatic heterocycles. The first-order valence-corrected chi connectivity index (χ1v) is 12.3. The van der Waals surface area contributed by atoms with Gasteiger partial charge in [0.25, 0.3) is 0 Å². The molecule has 1 saturated heterocycles. The fourth-order valence-corrected chi connectivity index (χ4v) is 5.79. The van der Waals surface area contributed by atoms with Crippen LogP contribution in [0.15, 0.2) is 48.5 Å². The number of hydrogen-bond donors (Lipinski definition) is 1. The summed E-state index contributed by atoms with van der Waals surface area (Å²) in [5.41, 5.74) is 7.30. The van der Waals surface area contributed by atoms with Gasteiger partial charge in [-0.2, -0.15) is 0 Å². The Morgan fingerprint density at radius 1 is 0.848 bits per heavy atom. The smallest absolute Gasteiger partial charge is 0.335 e. The molecule has 1 heterocycles. The van der Waals surface area contributed by atoms with Crippen molar-refractivity contribution in [2.45, 2.75) is 70.8 Å². The van der Waals surface area contributed by atoms with Crippen LogP contribution >= 0.6 is 0 Å². The molecule has 3 heteroatoms. The first-order chi connectivity index (χ1) is 15.6. The molecule has 1 fully saturated rings. The van der Waals surface area contributed by atoms with E-state index in [1.165, 1.54) is 71.8 Å². The number of nitrogens with zero attached hydrogens (tertiary/aromatic N) is 1. The summed E-state index contributed by atoms with van der Waals surface area (Å²) in [7, 11) is 0. The minimum Gasteiger partial charge on any atom is -0.478 e. The van der Waals surface area contributed by atoms with Crippen molar-refractivity contribution < 1.29 is 9.90 Å². The van der Waals surface area contributed by atoms with E-state index < -0.39 is 5.97 Å². The lowest BCUT2D eigenvalue weighted by Crippen LogP contribution is -2.33. The first kappa shape index (κ1) is 22.2. The summed E-state index contributed by atoms with van der Waals surface area (Å²) < 4.78 is 0. The van der Waals surface area contributed by atoms with E-state index >= 15 is 0 Å². The highest BCUT2D eigenvalue weighted by molar-refractivity contribution is 5.93. The lowest BCUT2D eigenvalue weighted by atomic mass is 9.62. The summed E-state index contributed by atoms with van der Waals surface area (Å²) in [5.74, 6) is -0.883. The van der Waals surface area contributed by atoms with Gasteiger partial charge >= 0.3 is 5.97 Å². The van der Waals surface area contributed by atoms with Gasteiger partial charge in [0.15, 0.2) is 0 Å². The maximum absolute atomic E-state index is 11.3. The molecular formula is C30H35NO2. The molecule has 0 radical (unpaired) electrons. The van der Waals surface area contributed by atoms with Crippen LogP contribution in [0.4, 0.5) is 0 Å². The van der Waals surface area contributed by atoms with Crippen molar-refractivity contribution in [2.75, 3.05) is 13.1 Å². The van der Waals surface area contributed by atoms with E-state index in [0.29, 0.717) is 5.56 Å². The Hall–Kier alpha value is -2.65. The SMILES string of the molecule is CC1(C)CCC(C)(C)c2cc3c(CN4CCCC4)cc(-c4ccc(C(=O)O)cc4)cc3cc21. The van der Waals surface area contributed by atoms with Gasteiger partial charge in [-0.05, 0) is 119 Å². The second-order valence-corrected chi connectivity index (χ2v) is 11.4. The molecular weight excluding hydrogens is 406 g/mol. The van der Waals surface area contributed by atoms with Crippen LogP contribution in [0.5, 0.6) is 0 Å². The van der Waals surface area contributed by atoms with Crippen molar-refractivity contribution >= 4 is 16.7 Å². The zero-order chi connectivity index (χ0) is 23.4. The molecule has 0 aromatic heterocycles. The van der Waals surface area contributed by atoms with Crippen LogP contribution in [0.2, 0.25) is 0 Å². The quantitative estimate of drug-likeness (QED) is 0.467. The highest BCUT2D eigenvalue weighted by Crippen LogP contribution is 2.47. The van der Waals surface area contributed by atoms with E-state index in [9.17, 15) is 9.90 Å². The van der Waals surface area contributed by atoms with Gasteiger partial charge in [0.2, 0.25) is 0 Å². The number of carbonyl (C=O) groups is 1. The first-order valence-electron chi connectivity index (χ1n) is 12.3. The minimum absolute atomic E-state index is 0.174. The number of benzene rings is 3. The molecule has 1 N–H and O–H groups in total. The summed E-state index contributed by atoms with van der Waals surface area (Å²) >= 11 is 0. The predicted molar refractivity (Wildman–Crippen MR) is 136 cm³/mol. The Labute approximate surface area is 197 Å². The fraction of sp³-hybridized carbons (Fsp3) is 0.433. The van der Waals surface area contributed by atoms with Crippen LogP contribution in [0.3, 0.4) is 0 Å². The second kappa shape index (κ2) is 7.99. The highest BCUT2D eigenvalue weighted by Gasteiger charge is 2.37. The zero-order valence-corrected chi connectivity index (χ0v) is 20.4. The zero-order valence-electron chi connectivity index (χ0n) is 20.4. The largest absolute Gasteiger partial charge is 0.478 e. The molecule has 0 spiro atoms. The maximum Gasteiger partial charge on any atom is 0.335 e. The van der Waals surface area contributed by atoms with Gasteiger partial charge in [0.1, 0.15) is 0 Å². The molecule has 5 rings (SSSR count). The Morgan fingerprint density at radius 2 is 1.45 bits per heavy atom. The standard InChI is InChI=1S/C30H35NO2/c1-29(2)11-12-30(3,4)27-18-25-23(17-26(27)29)15-22(16-24(25)19-31-13-5-6-14-31)20-7-9-21(10-8-20)28(32)33/h7-10,15-18H,5-6,11-14,19H2,1-4H3,(H,32,33). The summed E-state index contributed by atoms with van der Waals surface area (Å²) in [5, 5.41) is 12.0. The normalized spacial score (nSPS) is 19.5.